The van der Waals surface area contributed by atoms with E-state index in [9.17, 15) is 18.4 Å². The topological polar surface area (TPSA) is 71.3 Å². The summed E-state index contributed by atoms with van der Waals surface area (Å²) in [5.41, 5.74) is 0.601. The molecule has 96 valence electrons. The maximum absolute atomic E-state index is 12.6. The average Bonchev–Trinajstić information content (AvgIpc) is 2.58. The molecule has 0 atom stereocenters. The summed E-state index contributed by atoms with van der Waals surface area (Å²) in [6.07, 6.45) is 0. The smallest absolute Gasteiger partial charge is 0.307 e. The van der Waals surface area contributed by atoms with Gasteiger partial charge >= 0.3 is 4.87 Å². The zero-order valence-electron chi connectivity index (χ0n) is 9.07. The lowest BCUT2D eigenvalue weighted by Gasteiger charge is -2.14. The molecule has 1 aromatic heterocycles. The molecule has 0 aliphatic carbocycles. The summed E-state index contributed by atoms with van der Waals surface area (Å²) in [5, 5.41) is 11.8. The van der Waals surface area contributed by atoms with Crippen LogP contribution in [0.3, 0.4) is 0 Å². The highest BCUT2D eigenvalue weighted by molar-refractivity contribution is 7.07. The summed E-state index contributed by atoms with van der Waals surface area (Å²) in [7, 11) is 0. The third-order valence-electron chi connectivity index (χ3n) is 2.05. The molecule has 0 saturated carbocycles. The largest absolute Gasteiger partial charge is 0.390 e. The number of hydrogen-bond donors (Lipinski definition) is 2. The molecular formula is C9H12F2N2O3S. The summed E-state index contributed by atoms with van der Waals surface area (Å²) in [6.45, 7) is -0.922. The summed E-state index contributed by atoms with van der Waals surface area (Å²) < 4.78 is 26.4. The molecule has 0 unspecified atom stereocenters. The predicted molar refractivity (Wildman–Crippen MR) is 58.4 cm³/mol. The Labute approximate surface area is 99.7 Å². The molecule has 0 aromatic carbocycles. The lowest BCUT2D eigenvalue weighted by Crippen LogP contribution is -2.41. The van der Waals surface area contributed by atoms with Crippen LogP contribution in [-0.4, -0.2) is 34.7 Å². The number of hydrogen-bond acceptors (Lipinski definition) is 4. The number of nitrogens with one attached hydrogen (secondary N) is 1. The molecule has 1 amide bonds. The standard InChI is InChI=1S/C9H12F2N2O3S/c1-6-3-17-8(16)13(6)2-7(15)12-4-9(10,11)5-14/h3,14H,2,4-5H2,1H3,(H,12,15). The van der Waals surface area contributed by atoms with Gasteiger partial charge in [0.25, 0.3) is 5.92 Å². The van der Waals surface area contributed by atoms with E-state index in [1.54, 1.807) is 12.3 Å². The van der Waals surface area contributed by atoms with Gasteiger partial charge in [0.1, 0.15) is 13.2 Å². The highest BCUT2D eigenvalue weighted by atomic mass is 32.1. The minimum absolute atomic E-state index is 0.296. The Morgan fingerprint density at radius 3 is 2.76 bits per heavy atom. The second-order valence-electron chi connectivity index (χ2n) is 3.52. The number of alkyl halides is 2. The fourth-order valence-electron chi connectivity index (χ4n) is 1.08. The average molecular weight is 266 g/mol. The number of halogens is 2. The van der Waals surface area contributed by atoms with Crippen LogP contribution in [0.5, 0.6) is 0 Å². The van der Waals surface area contributed by atoms with Crippen molar-refractivity contribution >= 4 is 17.2 Å². The minimum atomic E-state index is -3.34. The first kappa shape index (κ1) is 13.8. The van der Waals surface area contributed by atoms with Crippen molar-refractivity contribution in [2.75, 3.05) is 13.2 Å². The van der Waals surface area contributed by atoms with Gasteiger partial charge < -0.3 is 10.4 Å². The van der Waals surface area contributed by atoms with E-state index < -0.39 is 25.0 Å². The zero-order chi connectivity index (χ0) is 13.1. The molecule has 0 aliphatic heterocycles. The highest BCUT2D eigenvalue weighted by Crippen LogP contribution is 2.09. The first-order chi connectivity index (χ1) is 7.85. The molecule has 0 fully saturated rings. The van der Waals surface area contributed by atoms with Gasteiger partial charge in [-0.1, -0.05) is 11.3 Å². The van der Waals surface area contributed by atoms with E-state index in [2.05, 4.69) is 0 Å². The maximum atomic E-state index is 12.6. The van der Waals surface area contributed by atoms with Gasteiger partial charge in [-0.05, 0) is 6.92 Å². The summed E-state index contributed by atoms with van der Waals surface area (Å²) in [6, 6.07) is 0. The van der Waals surface area contributed by atoms with Gasteiger partial charge in [0.15, 0.2) is 0 Å². The second kappa shape index (κ2) is 5.37. The van der Waals surface area contributed by atoms with Crippen molar-refractivity contribution < 1.29 is 18.7 Å². The molecule has 0 bridgehead atoms. The van der Waals surface area contributed by atoms with Crippen LogP contribution in [0.2, 0.25) is 0 Å². The summed E-state index contributed by atoms with van der Waals surface area (Å²) in [5.74, 6) is -4.04. The van der Waals surface area contributed by atoms with E-state index in [0.29, 0.717) is 5.69 Å². The normalized spacial score (nSPS) is 11.5. The Morgan fingerprint density at radius 2 is 2.29 bits per heavy atom. The summed E-state index contributed by atoms with van der Waals surface area (Å²) in [4.78, 5) is 22.2. The number of rotatable bonds is 5. The number of carbonyl (C=O) groups excluding carboxylic acids is 1. The van der Waals surface area contributed by atoms with Gasteiger partial charge in [-0.15, -0.1) is 0 Å². The number of aromatic nitrogens is 1. The molecular weight excluding hydrogens is 254 g/mol. The minimum Gasteiger partial charge on any atom is -0.390 e. The molecule has 0 aliphatic rings. The van der Waals surface area contributed by atoms with E-state index in [0.717, 1.165) is 11.3 Å². The van der Waals surface area contributed by atoms with Gasteiger partial charge in [0, 0.05) is 11.1 Å². The van der Waals surface area contributed by atoms with Crippen LogP contribution in [0.15, 0.2) is 10.2 Å². The predicted octanol–water partition coefficient (Wildman–Crippen LogP) is -0.0380. The molecule has 17 heavy (non-hydrogen) atoms. The van der Waals surface area contributed by atoms with Crippen LogP contribution in [0.25, 0.3) is 0 Å². The maximum Gasteiger partial charge on any atom is 0.307 e. The number of carbonyl (C=O) groups is 1. The lowest BCUT2D eigenvalue weighted by molar-refractivity contribution is -0.124. The Hall–Kier alpha value is -1.28. The van der Waals surface area contributed by atoms with E-state index in [-0.39, 0.29) is 11.4 Å². The zero-order valence-corrected chi connectivity index (χ0v) is 9.89. The number of aliphatic hydroxyl groups excluding tert-OH is 1. The van der Waals surface area contributed by atoms with Crippen molar-refractivity contribution in [3.8, 4) is 0 Å². The SMILES string of the molecule is Cc1csc(=O)n1CC(=O)NCC(F)(F)CO. The van der Waals surface area contributed by atoms with Crippen LogP contribution >= 0.6 is 11.3 Å². The number of aryl methyl sites for hydroxylation is 1. The van der Waals surface area contributed by atoms with Crippen molar-refractivity contribution in [3.63, 3.8) is 0 Å². The lowest BCUT2D eigenvalue weighted by atomic mass is 10.3. The van der Waals surface area contributed by atoms with E-state index >= 15 is 0 Å². The van der Waals surface area contributed by atoms with Crippen LogP contribution in [0.4, 0.5) is 8.78 Å². The third kappa shape index (κ3) is 3.90. The Kier molecular flexibility index (Phi) is 4.35. The number of thiazole rings is 1. The van der Waals surface area contributed by atoms with Crippen molar-refractivity contribution in [2.24, 2.45) is 0 Å². The van der Waals surface area contributed by atoms with Gasteiger partial charge in [-0.3, -0.25) is 14.2 Å². The Morgan fingerprint density at radius 1 is 1.65 bits per heavy atom. The molecule has 1 rings (SSSR count). The van der Waals surface area contributed by atoms with E-state index in [4.69, 9.17) is 5.11 Å². The molecule has 0 radical (unpaired) electrons. The van der Waals surface area contributed by atoms with Crippen LogP contribution in [0.1, 0.15) is 5.69 Å². The second-order valence-corrected chi connectivity index (χ2v) is 4.34. The fraction of sp³-hybridized carbons (Fsp3) is 0.556. The number of nitrogens with zero attached hydrogens (tertiary/aromatic N) is 1. The summed E-state index contributed by atoms with van der Waals surface area (Å²) >= 11 is 0.940. The number of amides is 1. The van der Waals surface area contributed by atoms with Crippen LogP contribution in [-0.2, 0) is 11.3 Å². The monoisotopic (exact) mass is 266 g/mol. The fourth-order valence-corrected chi connectivity index (χ4v) is 1.81. The van der Waals surface area contributed by atoms with Crippen LogP contribution in [0, 0.1) is 6.92 Å². The van der Waals surface area contributed by atoms with E-state index in [1.165, 1.54) is 4.57 Å². The molecule has 2 N–H and O–H groups in total. The van der Waals surface area contributed by atoms with Gasteiger partial charge in [-0.2, -0.15) is 0 Å². The van der Waals surface area contributed by atoms with Crippen molar-refractivity contribution in [2.45, 2.75) is 19.4 Å². The number of aliphatic hydroxyl groups is 1. The van der Waals surface area contributed by atoms with Gasteiger partial charge in [-0.25, -0.2) is 8.78 Å². The Balaban J connectivity index is 2.54. The molecule has 1 aromatic rings. The van der Waals surface area contributed by atoms with Crippen LogP contribution < -0.4 is 10.2 Å². The van der Waals surface area contributed by atoms with Crippen molar-refractivity contribution in [1.29, 1.82) is 0 Å². The highest BCUT2D eigenvalue weighted by Gasteiger charge is 2.28. The van der Waals surface area contributed by atoms with Gasteiger partial charge in [0.2, 0.25) is 5.91 Å². The quantitative estimate of drug-likeness (QED) is 0.785. The van der Waals surface area contributed by atoms with Crippen molar-refractivity contribution in [3.05, 3.63) is 20.7 Å². The third-order valence-corrected chi connectivity index (χ3v) is 2.93. The van der Waals surface area contributed by atoms with E-state index in [1.807, 2.05) is 5.32 Å². The van der Waals surface area contributed by atoms with Crippen molar-refractivity contribution in [1.82, 2.24) is 9.88 Å². The molecule has 0 spiro atoms. The van der Waals surface area contributed by atoms with Gasteiger partial charge in [0.05, 0.1) is 6.54 Å². The molecule has 0 saturated heterocycles. The molecule has 8 heteroatoms. The molecule has 5 nitrogen and oxygen atoms in total. The Bertz CT molecular complexity index is 455. The first-order valence-electron chi connectivity index (χ1n) is 4.76. The first-order valence-corrected chi connectivity index (χ1v) is 5.64. The molecule has 1 heterocycles.